The quantitative estimate of drug-likeness (QED) is 0.797. The molecule has 4 rings (SSSR count). The van der Waals surface area contributed by atoms with Crippen LogP contribution in [0.4, 0.5) is 4.39 Å². The largest absolute Gasteiger partial charge is 0.339 e. The molecule has 0 bridgehead atoms. The van der Waals surface area contributed by atoms with Crippen LogP contribution in [0.3, 0.4) is 0 Å². The molecule has 142 valence electrons. The number of guanidine groups is 1. The molecular formula is C18H25FN4O2S. The maximum atomic E-state index is 13.1. The van der Waals surface area contributed by atoms with E-state index >= 15 is 0 Å². The first-order chi connectivity index (χ1) is 12.4. The normalized spacial score (nSPS) is 27.4. The average molecular weight is 380 g/mol. The third-order valence-corrected chi connectivity index (χ3v) is 7.35. The van der Waals surface area contributed by atoms with Crippen LogP contribution in [0.5, 0.6) is 0 Å². The first kappa shape index (κ1) is 17.7. The van der Waals surface area contributed by atoms with E-state index < -0.39 is 16.2 Å². The molecule has 0 N–H and O–H groups in total. The second kappa shape index (κ2) is 6.81. The van der Waals surface area contributed by atoms with Gasteiger partial charge in [-0.25, -0.2) is 17.1 Å². The van der Waals surface area contributed by atoms with Crippen LogP contribution in [0.25, 0.3) is 0 Å². The molecule has 6 nitrogen and oxygen atoms in total. The number of halogens is 1. The minimum absolute atomic E-state index is 0.305. The Hall–Kier alpha value is -1.67. The Morgan fingerprint density at radius 3 is 2.31 bits per heavy atom. The number of nitrogens with zero attached hydrogens (tertiary/aromatic N) is 4. The number of aliphatic imine (C=N–C) groups is 1. The van der Waals surface area contributed by atoms with Crippen molar-refractivity contribution in [3.05, 3.63) is 29.8 Å². The molecule has 1 aromatic rings. The standard InChI is InChI=1S/C18H25FN4O2S/c1-14-2-4-17(5-3-14)26(24,25)23-7-6-20-18(23)22-10-8-21(9-11-22)16-12-15(19)13-16/h2-5,15-16H,6-13H2,1H3. The summed E-state index contributed by atoms with van der Waals surface area (Å²) >= 11 is 0. The molecule has 0 amide bonds. The van der Waals surface area contributed by atoms with Gasteiger partial charge in [-0.2, -0.15) is 0 Å². The predicted octanol–water partition coefficient (Wildman–Crippen LogP) is 1.47. The van der Waals surface area contributed by atoms with E-state index in [1.807, 2.05) is 19.1 Å². The van der Waals surface area contributed by atoms with Crippen LogP contribution < -0.4 is 0 Å². The minimum atomic E-state index is -3.59. The number of alkyl halides is 1. The molecule has 0 spiro atoms. The van der Waals surface area contributed by atoms with Crippen LogP contribution in [-0.4, -0.2) is 80.0 Å². The van der Waals surface area contributed by atoms with Gasteiger partial charge in [-0.1, -0.05) is 17.7 Å². The van der Waals surface area contributed by atoms with Crippen molar-refractivity contribution in [1.82, 2.24) is 14.1 Å². The minimum Gasteiger partial charge on any atom is -0.339 e. The van der Waals surface area contributed by atoms with Crippen LogP contribution in [0.15, 0.2) is 34.2 Å². The molecule has 1 saturated carbocycles. The Balaban J connectivity index is 1.44. The number of hydrogen-bond donors (Lipinski definition) is 0. The number of piperazine rings is 1. The highest BCUT2D eigenvalue weighted by atomic mass is 32.2. The lowest BCUT2D eigenvalue weighted by atomic mass is 9.89. The highest BCUT2D eigenvalue weighted by Gasteiger charge is 2.38. The van der Waals surface area contributed by atoms with Gasteiger partial charge >= 0.3 is 0 Å². The molecule has 1 saturated heterocycles. The van der Waals surface area contributed by atoms with Gasteiger partial charge in [0.2, 0.25) is 5.96 Å². The molecule has 0 atom stereocenters. The van der Waals surface area contributed by atoms with Crippen molar-refractivity contribution in [3.63, 3.8) is 0 Å². The Morgan fingerprint density at radius 2 is 1.69 bits per heavy atom. The lowest BCUT2D eigenvalue weighted by Crippen LogP contribution is -2.57. The van der Waals surface area contributed by atoms with Crippen molar-refractivity contribution < 1.29 is 12.8 Å². The van der Waals surface area contributed by atoms with E-state index in [1.54, 1.807) is 12.1 Å². The lowest BCUT2D eigenvalue weighted by Gasteiger charge is -2.45. The fourth-order valence-corrected chi connectivity index (χ4v) is 5.29. The number of hydrogen-bond acceptors (Lipinski definition) is 5. The van der Waals surface area contributed by atoms with Crippen LogP contribution in [0.1, 0.15) is 18.4 Å². The van der Waals surface area contributed by atoms with E-state index in [4.69, 9.17) is 0 Å². The lowest BCUT2D eigenvalue weighted by molar-refractivity contribution is 0.0312. The molecule has 1 aliphatic carbocycles. The van der Waals surface area contributed by atoms with E-state index in [2.05, 4.69) is 14.8 Å². The van der Waals surface area contributed by atoms with Gasteiger partial charge in [-0.15, -0.1) is 0 Å². The van der Waals surface area contributed by atoms with Gasteiger partial charge in [0.05, 0.1) is 18.0 Å². The molecule has 2 fully saturated rings. The first-order valence-corrected chi connectivity index (χ1v) is 10.7. The topological polar surface area (TPSA) is 56.2 Å². The number of rotatable bonds is 3. The summed E-state index contributed by atoms with van der Waals surface area (Å²) < 4.78 is 40.6. The van der Waals surface area contributed by atoms with E-state index in [-0.39, 0.29) is 0 Å². The van der Waals surface area contributed by atoms with Crippen LogP contribution in [0.2, 0.25) is 0 Å². The fraction of sp³-hybridized carbons (Fsp3) is 0.611. The molecular weight excluding hydrogens is 355 g/mol. The second-order valence-electron chi connectivity index (χ2n) is 7.32. The maximum absolute atomic E-state index is 13.1. The second-order valence-corrected chi connectivity index (χ2v) is 9.18. The monoisotopic (exact) mass is 380 g/mol. The summed E-state index contributed by atoms with van der Waals surface area (Å²) in [4.78, 5) is 9.16. The van der Waals surface area contributed by atoms with Gasteiger partial charge in [0.1, 0.15) is 6.17 Å². The van der Waals surface area contributed by atoms with Crippen LogP contribution >= 0.6 is 0 Å². The van der Waals surface area contributed by atoms with Crippen molar-refractivity contribution in [2.24, 2.45) is 4.99 Å². The van der Waals surface area contributed by atoms with Gasteiger partial charge in [0, 0.05) is 32.2 Å². The summed E-state index contributed by atoms with van der Waals surface area (Å²) in [6.45, 7) is 5.93. The van der Waals surface area contributed by atoms with Crippen molar-refractivity contribution in [3.8, 4) is 0 Å². The van der Waals surface area contributed by atoms with Crippen molar-refractivity contribution in [1.29, 1.82) is 0 Å². The predicted molar refractivity (Wildman–Crippen MR) is 98.4 cm³/mol. The van der Waals surface area contributed by atoms with Gasteiger partial charge in [-0.3, -0.25) is 9.89 Å². The molecule has 0 aromatic heterocycles. The van der Waals surface area contributed by atoms with E-state index in [0.29, 0.717) is 42.8 Å². The summed E-state index contributed by atoms with van der Waals surface area (Å²) in [5.41, 5.74) is 1.03. The molecule has 0 unspecified atom stereocenters. The Morgan fingerprint density at radius 1 is 1.04 bits per heavy atom. The molecule has 2 aliphatic heterocycles. The van der Waals surface area contributed by atoms with Crippen molar-refractivity contribution in [2.45, 2.75) is 36.9 Å². The highest BCUT2D eigenvalue weighted by Crippen LogP contribution is 2.29. The highest BCUT2D eigenvalue weighted by molar-refractivity contribution is 7.89. The zero-order valence-electron chi connectivity index (χ0n) is 15.0. The zero-order valence-corrected chi connectivity index (χ0v) is 15.8. The van der Waals surface area contributed by atoms with E-state index in [9.17, 15) is 12.8 Å². The Kier molecular flexibility index (Phi) is 4.64. The van der Waals surface area contributed by atoms with Gasteiger partial charge in [0.25, 0.3) is 10.0 Å². The van der Waals surface area contributed by atoms with Gasteiger partial charge in [-0.05, 0) is 31.9 Å². The summed E-state index contributed by atoms with van der Waals surface area (Å²) in [7, 11) is -3.59. The summed E-state index contributed by atoms with van der Waals surface area (Å²) in [6.07, 6.45) is 0.622. The van der Waals surface area contributed by atoms with Gasteiger partial charge < -0.3 is 4.90 Å². The van der Waals surface area contributed by atoms with E-state index in [1.165, 1.54) is 4.31 Å². The molecule has 8 heteroatoms. The molecule has 2 heterocycles. The fourth-order valence-electron chi connectivity index (χ4n) is 3.85. The maximum Gasteiger partial charge on any atom is 0.266 e. The SMILES string of the molecule is Cc1ccc(S(=O)(=O)N2CCN=C2N2CCN(C3CC(F)C3)CC2)cc1. The molecule has 1 aromatic carbocycles. The van der Waals surface area contributed by atoms with Crippen LogP contribution in [0, 0.1) is 6.92 Å². The number of sulfonamides is 1. The number of aryl methyl sites for hydroxylation is 1. The first-order valence-electron chi connectivity index (χ1n) is 9.22. The van der Waals surface area contributed by atoms with Gasteiger partial charge in [0.15, 0.2) is 0 Å². The molecule has 26 heavy (non-hydrogen) atoms. The third kappa shape index (κ3) is 3.20. The zero-order chi connectivity index (χ0) is 18.3. The summed E-state index contributed by atoms with van der Waals surface area (Å²) in [6, 6.07) is 7.29. The van der Waals surface area contributed by atoms with Crippen molar-refractivity contribution in [2.75, 3.05) is 39.3 Å². The summed E-state index contributed by atoms with van der Waals surface area (Å²) in [5, 5.41) is 0. The average Bonchev–Trinajstić information content (AvgIpc) is 3.10. The Bertz CT molecular complexity index is 782. The van der Waals surface area contributed by atoms with E-state index in [0.717, 1.165) is 31.7 Å². The van der Waals surface area contributed by atoms with Crippen LogP contribution in [-0.2, 0) is 10.0 Å². The third-order valence-electron chi connectivity index (χ3n) is 5.56. The van der Waals surface area contributed by atoms with Crippen molar-refractivity contribution >= 4 is 16.0 Å². The Labute approximate surface area is 154 Å². The number of benzene rings is 1. The summed E-state index contributed by atoms with van der Waals surface area (Å²) in [5.74, 6) is 0.558. The smallest absolute Gasteiger partial charge is 0.266 e. The molecule has 3 aliphatic rings. The molecule has 0 radical (unpaired) electrons.